The van der Waals surface area contributed by atoms with Crippen LogP contribution in [0, 0.1) is 11.3 Å². The molecule has 1 aromatic heterocycles. The molecular formula is C60H37N3. The summed E-state index contributed by atoms with van der Waals surface area (Å²) in [4.78, 5) is 10.3. The summed E-state index contributed by atoms with van der Waals surface area (Å²) in [6.45, 7) is 0. The molecule has 2 aliphatic carbocycles. The largest absolute Gasteiger partial charge is 0.228 e. The number of benzene rings is 9. The molecule has 12 rings (SSSR count). The molecule has 0 amide bonds. The number of nitriles is 1. The second-order valence-electron chi connectivity index (χ2n) is 16.4. The molecule has 0 saturated heterocycles. The molecule has 0 unspecified atom stereocenters. The average molecular weight is 800 g/mol. The zero-order valence-corrected chi connectivity index (χ0v) is 34.2. The topological polar surface area (TPSA) is 49.6 Å². The van der Waals surface area contributed by atoms with Crippen LogP contribution in [0.4, 0.5) is 0 Å². The van der Waals surface area contributed by atoms with Crippen molar-refractivity contribution in [3.05, 3.63) is 252 Å². The average Bonchev–Trinajstić information content (AvgIpc) is 3.83. The van der Waals surface area contributed by atoms with Gasteiger partial charge in [-0.05, 0) is 114 Å². The van der Waals surface area contributed by atoms with Gasteiger partial charge in [-0.15, -0.1) is 0 Å². The van der Waals surface area contributed by atoms with Crippen LogP contribution in [0.1, 0.15) is 27.8 Å². The predicted octanol–water partition coefficient (Wildman–Crippen LogP) is 14.7. The third-order valence-electron chi connectivity index (χ3n) is 13.0. The van der Waals surface area contributed by atoms with Gasteiger partial charge in [-0.2, -0.15) is 5.26 Å². The van der Waals surface area contributed by atoms with Gasteiger partial charge in [-0.1, -0.05) is 188 Å². The molecule has 0 atom stereocenters. The van der Waals surface area contributed by atoms with E-state index in [-0.39, 0.29) is 0 Å². The minimum Gasteiger partial charge on any atom is -0.228 e. The van der Waals surface area contributed by atoms with Gasteiger partial charge in [0.05, 0.1) is 28.4 Å². The Morgan fingerprint density at radius 1 is 0.302 bits per heavy atom. The molecule has 63 heavy (non-hydrogen) atoms. The molecule has 9 aromatic carbocycles. The normalized spacial score (nSPS) is 12.6. The maximum atomic E-state index is 10.1. The molecule has 292 valence electrons. The molecule has 3 heteroatoms. The van der Waals surface area contributed by atoms with Crippen LogP contribution in [0.15, 0.2) is 224 Å². The second kappa shape index (κ2) is 14.6. The fraction of sp³-hybridized carbons (Fsp3) is 0.0167. The van der Waals surface area contributed by atoms with Crippen LogP contribution in [0.25, 0.3) is 89.5 Å². The van der Waals surface area contributed by atoms with Gasteiger partial charge in [0, 0.05) is 16.7 Å². The van der Waals surface area contributed by atoms with Crippen molar-refractivity contribution in [1.29, 1.82) is 5.26 Å². The van der Waals surface area contributed by atoms with Gasteiger partial charge in [-0.3, -0.25) is 0 Å². The quantitative estimate of drug-likeness (QED) is 0.168. The summed E-state index contributed by atoms with van der Waals surface area (Å²) in [5, 5.41) is 10.1. The molecule has 3 nitrogen and oxygen atoms in total. The van der Waals surface area contributed by atoms with E-state index in [9.17, 15) is 5.26 Å². The first-order valence-electron chi connectivity index (χ1n) is 21.4. The molecule has 1 heterocycles. The second-order valence-corrected chi connectivity index (χ2v) is 16.4. The molecule has 0 fully saturated rings. The lowest BCUT2D eigenvalue weighted by molar-refractivity contribution is 0.793. The van der Waals surface area contributed by atoms with Gasteiger partial charge in [-0.25, -0.2) is 9.97 Å². The van der Waals surface area contributed by atoms with E-state index in [4.69, 9.17) is 9.97 Å². The van der Waals surface area contributed by atoms with Gasteiger partial charge in [0.1, 0.15) is 0 Å². The standard InChI is InChI=1S/C60H37N3/c61-38-39-25-31-51-52-36-46(30-32-55(52)60(56(51)33-39)53-23-9-7-21-49(53)50-22-8-10-24-54(50)60)42-28-26-41(27-29-42)45-18-12-20-48(35-45)58-37-57(62-59(63-58)43-15-5-2-6-16-43)47-19-11-17-44(34-47)40-13-3-1-4-14-40/h1-37H. The van der Waals surface area contributed by atoms with E-state index in [2.05, 4.69) is 200 Å². The Kier molecular flexibility index (Phi) is 8.45. The third kappa shape index (κ3) is 5.88. The Morgan fingerprint density at radius 3 is 1.33 bits per heavy atom. The van der Waals surface area contributed by atoms with Crippen molar-refractivity contribution in [2.75, 3.05) is 0 Å². The first-order valence-corrected chi connectivity index (χ1v) is 21.4. The van der Waals surface area contributed by atoms with Crippen LogP contribution in [0.5, 0.6) is 0 Å². The summed E-state index contributed by atoms with van der Waals surface area (Å²) in [6, 6.07) is 82.0. The summed E-state index contributed by atoms with van der Waals surface area (Å²) < 4.78 is 0. The maximum absolute atomic E-state index is 10.1. The summed E-state index contributed by atoms with van der Waals surface area (Å²) in [5.74, 6) is 0.692. The van der Waals surface area contributed by atoms with Gasteiger partial charge in [0.2, 0.25) is 0 Å². The van der Waals surface area contributed by atoms with E-state index in [1.807, 2.05) is 30.3 Å². The number of rotatable bonds is 6. The van der Waals surface area contributed by atoms with E-state index < -0.39 is 5.41 Å². The summed E-state index contributed by atoms with van der Waals surface area (Å²) in [6.07, 6.45) is 0. The highest BCUT2D eigenvalue weighted by atomic mass is 14.9. The first kappa shape index (κ1) is 36.4. The molecule has 0 radical (unpaired) electrons. The van der Waals surface area contributed by atoms with Crippen LogP contribution in [-0.2, 0) is 5.41 Å². The first-order chi connectivity index (χ1) is 31.2. The van der Waals surface area contributed by atoms with E-state index in [0.29, 0.717) is 11.4 Å². The lowest BCUT2D eigenvalue weighted by atomic mass is 9.70. The van der Waals surface area contributed by atoms with Crippen LogP contribution >= 0.6 is 0 Å². The molecule has 0 N–H and O–H groups in total. The molecule has 0 bridgehead atoms. The predicted molar refractivity (Wildman–Crippen MR) is 256 cm³/mol. The van der Waals surface area contributed by atoms with Crippen LogP contribution in [-0.4, -0.2) is 9.97 Å². The van der Waals surface area contributed by atoms with E-state index >= 15 is 0 Å². The minimum absolute atomic E-state index is 0.489. The summed E-state index contributed by atoms with van der Waals surface area (Å²) >= 11 is 0. The van der Waals surface area contributed by atoms with E-state index in [1.165, 1.54) is 50.1 Å². The number of hydrogen-bond donors (Lipinski definition) is 0. The Labute approximate surface area is 366 Å². The van der Waals surface area contributed by atoms with Gasteiger partial charge in [0.15, 0.2) is 5.82 Å². The lowest BCUT2D eigenvalue weighted by Crippen LogP contribution is -2.25. The zero-order valence-electron chi connectivity index (χ0n) is 34.2. The Hall–Kier alpha value is -8.45. The molecule has 1 spiro atoms. The van der Waals surface area contributed by atoms with Crippen LogP contribution in [0.3, 0.4) is 0 Å². The fourth-order valence-corrected chi connectivity index (χ4v) is 10.1. The Morgan fingerprint density at radius 2 is 0.746 bits per heavy atom. The number of hydrogen-bond acceptors (Lipinski definition) is 3. The van der Waals surface area contributed by atoms with Gasteiger partial charge >= 0.3 is 0 Å². The fourth-order valence-electron chi connectivity index (χ4n) is 10.1. The maximum Gasteiger partial charge on any atom is 0.160 e. The van der Waals surface area contributed by atoms with Crippen molar-refractivity contribution < 1.29 is 0 Å². The highest BCUT2D eigenvalue weighted by Gasteiger charge is 2.51. The smallest absolute Gasteiger partial charge is 0.160 e. The number of fused-ring (bicyclic) bond motifs is 10. The number of aromatic nitrogens is 2. The van der Waals surface area contributed by atoms with Crippen molar-refractivity contribution in [3.63, 3.8) is 0 Å². The molecule has 0 aliphatic heterocycles. The van der Waals surface area contributed by atoms with Crippen molar-refractivity contribution in [2.45, 2.75) is 5.41 Å². The van der Waals surface area contributed by atoms with Crippen LogP contribution in [0.2, 0.25) is 0 Å². The third-order valence-corrected chi connectivity index (χ3v) is 13.0. The Balaban J connectivity index is 0.913. The van der Waals surface area contributed by atoms with Crippen molar-refractivity contribution in [3.8, 4) is 95.6 Å². The minimum atomic E-state index is -0.489. The van der Waals surface area contributed by atoms with Crippen molar-refractivity contribution in [1.82, 2.24) is 9.97 Å². The van der Waals surface area contributed by atoms with Gasteiger partial charge in [0.25, 0.3) is 0 Å². The molecule has 2 aliphatic rings. The monoisotopic (exact) mass is 799 g/mol. The van der Waals surface area contributed by atoms with E-state index in [1.54, 1.807) is 0 Å². The van der Waals surface area contributed by atoms with Crippen molar-refractivity contribution >= 4 is 0 Å². The Bertz CT molecular complexity index is 3410. The van der Waals surface area contributed by atoms with E-state index in [0.717, 1.165) is 55.9 Å². The molecule has 0 saturated carbocycles. The molecular weight excluding hydrogens is 763 g/mol. The van der Waals surface area contributed by atoms with Gasteiger partial charge < -0.3 is 0 Å². The summed E-state index contributed by atoms with van der Waals surface area (Å²) in [7, 11) is 0. The van der Waals surface area contributed by atoms with Crippen LogP contribution < -0.4 is 0 Å². The van der Waals surface area contributed by atoms with Crippen molar-refractivity contribution in [2.24, 2.45) is 0 Å². The zero-order chi connectivity index (χ0) is 41.9. The lowest BCUT2D eigenvalue weighted by Gasteiger charge is -2.30. The summed E-state index contributed by atoms with van der Waals surface area (Å²) in [5.41, 5.74) is 21.7. The highest BCUT2D eigenvalue weighted by Crippen LogP contribution is 2.63. The SMILES string of the molecule is N#Cc1ccc2c(c1)C1(c3ccccc3-c3ccccc31)c1ccc(-c3ccc(-c4cccc(-c5cc(-c6cccc(-c7ccccc7)c6)nc(-c6ccccc6)n5)c4)cc3)cc1-2. The number of nitrogens with zero attached hydrogens (tertiary/aromatic N) is 3. The molecule has 10 aromatic rings. The highest BCUT2D eigenvalue weighted by molar-refractivity contribution is 5.96.